The van der Waals surface area contributed by atoms with E-state index < -0.39 is 0 Å². The van der Waals surface area contributed by atoms with E-state index in [-0.39, 0.29) is 0 Å². The van der Waals surface area contributed by atoms with Crippen molar-refractivity contribution in [2.24, 2.45) is 0 Å². The minimum absolute atomic E-state index is 0.679. The van der Waals surface area contributed by atoms with E-state index in [9.17, 15) is 0 Å². The minimum atomic E-state index is 0.679. The molecule has 13 heavy (non-hydrogen) atoms. The molecule has 2 nitrogen and oxygen atoms in total. The first-order chi connectivity index (χ1) is 6.27. The minimum Gasteiger partial charge on any atom is -0.314 e. The standard InChI is InChI=1S/C11H24N2/c1-4-12-10(3)8-9-13(5-2)11-6-7-11/h10-12H,4-9H2,1-3H3. The van der Waals surface area contributed by atoms with E-state index in [1.807, 2.05) is 0 Å². The predicted molar refractivity (Wildman–Crippen MR) is 58.0 cm³/mol. The summed E-state index contributed by atoms with van der Waals surface area (Å²) < 4.78 is 0. The van der Waals surface area contributed by atoms with Crippen molar-refractivity contribution in [1.82, 2.24) is 10.2 Å². The summed E-state index contributed by atoms with van der Waals surface area (Å²) in [5.74, 6) is 0. The highest BCUT2D eigenvalue weighted by atomic mass is 15.2. The molecule has 1 atom stereocenters. The SMILES string of the molecule is CCNC(C)CCN(CC)C1CC1. The summed E-state index contributed by atoms with van der Waals surface area (Å²) in [5, 5.41) is 3.46. The highest BCUT2D eigenvalue weighted by Gasteiger charge is 2.27. The van der Waals surface area contributed by atoms with Gasteiger partial charge in [0.05, 0.1) is 0 Å². The molecular weight excluding hydrogens is 160 g/mol. The molecule has 1 aliphatic rings. The maximum atomic E-state index is 3.46. The van der Waals surface area contributed by atoms with Crippen LogP contribution in [0.4, 0.5) is 0 Å². The molecule has 1 fully saturated rings. The topological polar surface area (TPSA) is 15.3 Å². The lowest BCUT2D eigenvalue weighted by atomic mass is 10.2. The van der Waals surface area contributed by atoms with Crippen molar-refractivity contribution in [3.63, 3.8) is 0 Å². The lowest BCUT2D eigenvalue weighted by Gasteiger charge is -2.22. The summed E-state index contributed by atoms with van der Waals surface area (Å²) >= 11 is 0. The van der Waals surface area contributed by atoms with E-state index in [4.69, 9.17) is 0 Å². The van der Waals surface area contributed by atoms with Crippen molar-refractivity contribution in [2.75, 3.05) is 19.6 Å². The number of hydrogen-bond donors (Lipinski definition) is 1. The van der Waals surface area contributed by atoms with Crippen molar-refractivity contribution in [2.45, 2.75) is 52.1 Å². The van der Waals surface area contributed by atoms with Crippen LogP contribution in [0.1, 0.15) is 40.0 Å². The second kappa shape index (κ2) is 5.61. The number of rotatable bonds is 7. The lowest BCUT2D eigenvalue weighted by molar-refractivity contribution is 0.262. The van der Waals surface area contributed by atoms with Gasteiger partial charge >= 0.3 is 0 Å². The van der Waals surface area contributed by atoms with Crippen molar-refractivity contribution in [3.8, 4) is 0 Å². The van der Waals surface area contributed by atoms with E-state index in [1.54, 1.807) is 0 Å². The molecule has 0 radical (unpaired) electrons. The molecule has 1 saturated carbocycles. The zero-order valence-electron chi connectivity index (χ0n) is 9.34. The van der Waals surface area contributed by atoms with Gasteiger partial charge < -0.3 is 10.2 Å². The van der Waals surface area contributed by atoms with E-state index in [1.165, 1.54) is 32.4 Å². The third-order valence-electron chi connectivity index (χ3n) is 2.87. The zero-order valence-corrected chi connectivity index (χ0v) is 9.34. The molecule has 0 heterocycles. The van der Waals surface area contributed by atoms with Gasteiger partial charge in [0.2, 0.25) is 0 Å². The second-order valence-corrected chi connectivity index (χ2v) is 4.11. The van der Waals surface area contributed by atoms with E-state index >= 15 is 0 Å². The molecular formula is C11H24N2. The Balaban J connectivity index is 2.07. The molecule has 1 aliphatic carbocycles. The summed E-state index contributed by atoms with van der Waals surface area (Å²) in [6, 6.07) is 1.61. The molecule has 0 aromatic carbocycles. The Labute approximate surface area is 82.7 Å². The first kappa shape index (κ1) is 11.0. The summed E-state index contributed by atoms with van der Waals surface area (Å²) in [6.45, 7) is 10.3. The van der Waals surface area contributed by atoms with Crippen LogP contribution in [0.3, 0.4) is 0 Å². The molecule has 0 aliphatic heterocycles. The molecule has 0 saturated heterocycles. The highest BCUT2D eigenvalue weighted by molar-refractivity contribution is 4.84. The molecule has 1 unspecified atom stereocenters. The van der Waals surface area contributed by atoms with E-state index in [0.29, 0.717) is 6.04 Å². The fourth-order valence-electron chi connectivity index (χ4n) is 1.85. The van der Waals surface area contributed by atoms with Crippen LogP contribution in [0.5, 0.6) is 0 Å². The van der Waals surface area contributed by atoms with E-state index in [0.717, 1.165) is 12.6 Å². The van der Waals surface area contributed by atoms with Gasteiger partial charge in [0.25, 0.3) is 0 Å². The van der Waals surface area contributed by atoms with Crippen LogP contribution in [0.25, 0.3) is 0 Å². The van der Waals surface area contributed by atoms with Crippen LogP contribution >= 0.6 is 0 Å². The Morgan fingerprint density at radius 2 is 2.08 bits per heavy atom. The van der Waals surface area contributed by atoms with Gasteiger partial charge in [-0.25, -0.2) is 0 Å². The van der Waals surface area contributed by atoms with E-state index in [2.05, 4.69) is 31.0 Å². The van der Waals surface area contributed by atoms with Crippen molar-refractivity contribution in [1.29, 1.82) is 0 Å². The van der Waals surface area contributed by atoms with Gasteiger partial charge in [0, 0.05) is 12.1 Å². The molecule has 0 aromatic heterocycles. The first-order valence-corrected chi connectivity index (χ1v) is 5.75. The highest BCUT2D eigenvalue weighted by Crippen LogP contribution is 2.26. The molecule has 0 bridgehead atoms. The van der Waals surface area contributed by atoms with Crippen LogP contribution in [-0.4, -0.2) is 36.6 Å². The Morgan fingerprint density at radius 3 is 2.54 bits per heavy atom. The van der Waals surface area contributed by atoms with Gasteiger partial charge in [-0.15, -0.1) is 0 Å². The Hall–Kier alpha value is -0.0800. The molecule has 0 amide bonds. The van der Waals surface area contributed by atoms with Gasteiger partial charge in [-0.05, 0) is 45.8 Å². The molecule has 0 aromatic rings. The number of nitrogens with zero attached hydrogens (tertiary/aromatic N) is 1. The summed E-state index contributed by atoms with van der Waals surface area (Å²) in [6.07, 6.45) is 4.16. The summed E-state index contributed by atoms with van der Waals surface area (Å²) in [5.41, 5.74) is 0. The quantitative estimate of drug-likeness (QED) is 0.649. The van der Waals surface area contributed by atoms with Gasteiger partial charge in [-0.2, -0.15) is 0 Å². The monoisotopic (exact) mass is 184 g/mol. The third-order valence-corrected chi connectivity index (χ3v) is 2.87. The Bertz CT molecular complexity index is 132. The van der Waals surface area contributed by atoms with Gasteiger partial charge in [0.1, 0.15) is 0 Å². The Kier molecular flexibility index (Phi) is 4.74. The smallest absolute Gasteiger partial charge is 0.00963 e. The molecule has 1 rings (SSSR count). The maximum absolute atomic E-state index is 3.46. The van der Waals surface area contributed by atoms with Crippen LogP contribution in [0.15, 0.2) is 0 Å². The van der Waals surface area contributed by atoms with Gasteiger partial charge in [-0.1, -0.05) is 13.8 Å². The van der Waals surface area contributed by atoms with Crippen LogP contribution in [0.2, 0.25) is 0 Å². The van der Waals surface area contributed by atoms with Crippen molar-refractivity contribution in [3.05, 3.63) is 0 Å². The zero-order chi connectivity index (χ0) is 9.68. The van der Waals surface area contributed by atoms with Gasteiger partial charge in [0.15, 0.2) is 0 Å². The average Bonchev–Trinajstić information content (AvgIpc) is 2.90. The average molecular weight is 184 g/mol. The largest absolute Gasteiger partial charge is 0.314 e. The number of nitrogens with one attached hydrogen (secondary N) is 1. The second-order valence-electron chi connectivity index (χ2n) is 4.11. The molecule has 0 spiro atoms. The Morgan fingerprint density at radius 1 is 1.38 bits per heavy atom. The predicted octanol–water partition coefficient (Wildman–Crippen LogP) is 1.86. The van der Waals surface area contributed by atoms with Crippen LogP contribution in [-0.2, 0) is 0 Å². The fraction of sp³-hybridized carbons (Fsp3) is 1.00. The number of hydrogen-bond acceptors (Lipinski definition) is 2. The van der Waals surface area contributed by atoms with Gasteiger partial charge in [-0.3, -0.25) is 0 Å². The molecule has 2 heteroatoms. The van der Waals surface area contributed by atoms with Crippen molar-refractivity contribution >= 4 is 0 Å². The van der Waals surface area contributed by atoms with Crippen LogP contribution < -0.4 is 5.32 Å². The summed E-state index contributed by atoms with van der Waals surface area (Å²) in [4.78, 5) is 2.62. The normalized spacial score (nSPS) is 19.4. The first-order valence-electron chi connectivity index (χ1n) is 5.75. The van der Waals surface area contributed by atoms with Crippen molar-refractivity contribution < 1.29 is 0 Å². The van der Waals surface area contributed by atoms with Crippen LogP contribution in [0, 0.1) is 0 Å². The molecule has 1 N–H and O–H groups in total. The maximum Gasteiger partial charge on any atom is 0.00963 e. The fourth-order valence-corrected chi connectivity index (χ4v) is 1.85. The third kappa shape index (κ3) is 4.10. The summed E-state index contributed by atoms with van der Waals surface area (Å²) in [7, 11) is 0. The molecule has 78 valence electrons. The lowest BCUT2D eigenvalue weighted by Crippen LogP contribution is -2.33.